The Kier molecular flexibility index (Phi) is 6.84. The van der Waals surface area contributed by atoms with Crippen LogP contribution in [-0.2, 0) is 20.9 Å². The molecular formula is C19H31N5O3. The number of hydrogen-bond acceptors (Lipinski definition) is 5. The molecule has 2 N–H and O–H groups in total. The molecule has 3 rings (SSSR count). The van der Waals surface area contributed by atoms with Crippen LogP contribution in [-0.4, -0.2) is 64.9 Å². The van der Waals surface area contributed by atoms with Crippen molar-refractivity contribution in [1.29, 1.82) is 0 Å². The molecule has 8 nitrogen and oxygen atoms in total. The summed E-state index contributed by atoms with van der Waals surface area (Å²) in [4.78, 5) is 26.5. The van der Waals surface area contributed by atoms with E-state index in [4.69, 9.17) is 4.74 Å². The SMILES string of the molecule is CC1CN(C(=O)Cn2cc(NC(=O)CCC3CCNCC3)cn2)CC(C)O1. The molecule has 0 spiro atoms. The third kappa shape index (κ3) is 6.04. The third-order valence-electron chi connectivity index (χ3n) is 5.22. The van der Waals surface area contributed by atoms with Crippen LogP contribution in [0.15, 0.2) is 12.4 Å². The lowest BCUT2D eigenvalue weighted by Crippen LogP contribution is -2.49. The monoisotopic (exact) mass is 377 g/mol. The molecule has 0 saturated carbocycles. The number of aromatic nitrogens is 2. The fraction of sp³-hybridized carbons (Fsp3) is 0.737. The highest BCUT2D eigenvalue weighted by Crippen LogP contribution is 2.18. The summed E-state index contributed by atoms with van der Waals surface area (Å²) in [6.07, 6.45) is 7.15. The summed E-state index contributed by atoms with van der Waals surface area (Å²) in [5.74, 6) is 0.662. The Bertz CT molecular complexity index is 631. The van der Waals surface area contributed by atoms with Crippen molar-refractivity contribution >= 4 is 17.5 Å². The Labute approximate surface area is 160 Å². The molecule has 0 bridgehead atoms. The van der Waals surface area contributed by atoms with Crippen LogP contribution in [0.2, 0.25) is 0 Å². The first kappa shape index (κ1) is 19.8. The number of amides is 2. The van der Waals surface area contributed by atoms with E-state index in [1.165, 1.54) is 0 Å². The molecule has 2 saturated heterocycles. The zero-order valence-corrected chi connectivity index (χ0v) is 16.3. The fourth-order valence-corrected chi connectivity index (χ4v) is 3.86. The molecule has 0 aliphatic carbocycles. The largest absolute Gasteiger partial charge is 0.372 e. The molecule has 3 heterocycles. The smallest absolute Gasteiger partial charge is 0.244 e. The van der Waals surface area contributed by atoms with Crippen molar-refractivity contribution in [2.75, 3.05) is 31.5 Å². The highest BCUT2D eigenvalue weighted by atomic mass is 16.5. The number of hydrogen-bond donors (Lipinski definition) is 2. The van der Waals surface area contributed by atoms with E-state index >= 15 is 0 Å². The van der Waals surface area contributed by atoms with Crippen LogP contribution in [0.4, 0.5) is 5.69 Å². The first-order valence-corrected chi connectivity index (χ1v) is 9.96. The van der Waals surface area contributed by atoms with Crippen LogP contribution >= 0.6 is 0 Å². The molecule has 2 fully saturated rings. The van der Waals surface area contributed by atoms with Crippen molar-refractivity contribution in [3.8, 4) is 0 Å². The van der Waals surface area contributed by atoms with Crippen LogP contribution in [0.3, 0.4) is 0 Å². The normalized spacial score (nSPS) is 24.0. The number of carbonyl (C=O) groups excluding carboxylic acids is 2. The van der Waals surface area contributed by atoms with Crippen molar-refractivity contribution in [2.24, 2.45) is 5.92 Å². The topological polar surface area (TPSA) is 88.5 Å². The predicted molar refractivity (Wildman–Crippen MR) is 102 cm³/mol. The van der Waals surface area contributed by atoms with Crippen LogP contribution in [0.25, 0.3) is 0 Å². The zero-order valence-electron chi connectivity index (χ0n) is 16.3. The van der Waals surface area contributed by atoms with Crippen LogP contribution < -0.4 is 10.6 Å². The minimum Gasteiger partial charge on any atom is -0.372 e. The van der Waals surface area contributed by atoms with Crippen molar-refractivity contribution in [1.82, 2.24) is 20.0 Å². The summed E-state index contributed by atoms with van der Waals surface area (Å²) in [6.45, 7) is 7.42. The standard InChI is InChI=1S/C19H31N5O3/c1-14-10-23(11-15(2)27-14)19(26)13-24-12-17(9-21-24)22-18(25)4-3-16-5-7-20-8-6-16/h9,12,14-16,20H,3-8,10-11,13H2,1-2H3,(H,22,25). The molecule has 1 aromatic heterocycles. The number of ether oxygens (including phenoxy) is 1. The van der Waals surface area contributed by atoms with Crippen molar-refractivity contribution in [3.05, 3.63) is 12.4 Å². The second-order valence-corrected chi connectivity index (χ2v) is 7.76. The van der Waals surface area contributed by atoms with Crippen LogP contribution in [0.5, 0.6) is 0 Å². The molecular weight excluding hydrogens is 346 g/mol. The lowest BCUT2D eigenvalue weighted by atomic mass is 9.93. The van der Waals surface area contributed by atoms with Gasteiger partial charge in [-0.25, -0.2) is 0 Å². The molecule has 2 amide bonds. The van der Waals surface area contributed by atoms with Gasteiger partial charge in [0.25, 0.3) is 0 Å². The van der Waals surface area contributed by atoms with Gasteiger partial charge in [-0.2, -0.15) is 5.10 Å². The van der Waals surface area contributed by atoms with Gasteiger partial charge in [0, 0.05) is 25.7 Å². The van der Waals surface area contributed by atoms with E-state index in [0.29, 0.717) is 31.1 Å². The second-order valence-electron chi connectivity index (χ2n) is 7.76. The van der Waals surface area contributed by atoms with E-state index in [1.54, 1.807) is 17.1 Å². The Morgan fingerprint density at radius 2 is 1.96 bits per heavy atom. The molecule has 1 aromatic rings. The maximum Gasteiger partial charge on any atom is 0.244 e. The summed E-state index contributed by atoms with van der Waals surface area (Å²) >= 11 is 0. The number of nitrogens with zero attached hydrogens (tertiary/aromatic N) is 3. The summed E-state index contributed by atoms with van der Waals surface area (Å²) in [5, 5.41) is 10.4. The lowest BCUT2D eigenvalue weighted by Gasteiger charge is -2.35. The summed E-state index contributed by atoms with van der Waals surface area (Å²) in [7, 11) is 0. The molecule has 8 heteroatoms. The van der Waals surface area contributed by atoms with Gasteiger partial charge in [0.2, 0.25) is 11.8 Å². The van der Waals surface area contributed by atoms with Gasteiger partial charge < -0.3 is 20.3 Å². The van der Waals surface area contributed by atoms with Crippen molar-refractivity contribution < 1.29 is 14.3 Å². The van der Waals surface area contributed by atoms with Gasteiger partial charge in [0.15, 0.2) is 0 Å². The molecule has 2 aliphatic rings. The Morgan fingerprint density at radius 3 is 2.67 bits per heavy atom. The van der Waals surface area contributed by atoms with Crippen molar-refractivity contribution in [2.45, 2.75) is 58.3 Å². The first-order chi connectivity index (χ1) is 13.0. The average Bonchev–Trinajstić information content (AvgIpc) is 3.07. The van der Waals surface area contributed by atoms with E-state index in [1.807, 2.05) is 18.7 Å². The van der Waals surface area contributed by atoms with E-state index in [2.05, 4.69) is 15.7 Å². The Balaban J connectivity index is 1.43. The third-order valence-corrected chi connectivity index (χ3v) is 5.22. The highest BCUT2D eigenvalue weighted by molar-refractivity contribution is 5.90. The molecule has 2 unspecified atom stereocenters. The number of morpholine rings is 1. The zero-order chi connectivity index (χ0) is 19.2. The molecule has 150 valence electrons. The number of nitrogens with one attached hydrogen (secondary N) is 2. The highest BCUT2D eigenvalue weighted by Gasteiger charge is 2.26. The molecule has 0 aromatic carbocycles. The fourth-order valence-electron chi connectivity index (χ4n) is 3.86. The van der Waals surface area contributed by atoms with E-state index in [-0.39, 0.29) is 30.6 Å². The minimum atomic E-state index is 0.00948. The average molecular weight is 377 g/mol. The molecule has 2 atom stereocenters. The van der Waals surface area contributed by atoms with Crippen molar-refractivity contribution in [3.63, 3.8) is 0 Å². The minimum absolute atomic E-state index is 0.00948. The van der Waals surface area contributed by atoms with Gasteiger partial charge in [-0.3, -0.25) is 14.3 Å². The summed E-state index contributed by atoms with van der Waals surface area (Å²) in [6, 6.07) is 0. The number of rotatable bonds is 6. The van der Waals surface area contributed by atoms with Gasteiger partial charge >= 0.3 is 0 Å². The quantitative estimate of drug-likeness (QED) is 0.779. The van der Waals surface area contributed by atoms with Gasteiger partial charge in [0.05, 0.1) is 24.1 Å². The molecule has 0 radical (unpaired) electrons. The Morgan fingerprint density at radius 1 is 1.26 bits per heavy atom. The van der Waals surface area contributed by atoms with Crippen LogP contribution in [0.1, 0.15) is 39.5 Å². The summed E-state index contributed by atoms with van der Waals surface area (Å²) < 4.78 is 7.24. The van der Waals surface area contributed by atoms with E-state index in [0.717, 1.165) is 32.4 Å². The Hall–Kier alpha value is -1.93. The predicted octanol–water partition coefficient (Wildman–Crippen LogP) is 1.24. The summed E-state index contributed by atoms with van der Waals surface area (Å²) in [5.41, 5.74) is 0.641. The maximum atomic E-state index is 12.5. The van der Waals surface area contributed by atoms with Gasteiger partial charge in [0.1, 0.15) is 6.54 Å². The molecule has 27 heavy (non-hydrogen) atoms. The van der Waals surface area contributed by atoms with Gasteiger partial charge in [-0.15, -0.1) is 0 Å². The number of anilines is 1. The van der Waals surface area contributed by atoms with Gasteiger partial charge in [-0.05, 0) is 52.1 Å². The van der Waals surface area contributed by atoms with E-state index < -0.39 is 0 Å². The van der Waals surface area contributed by atoms with E-state index in [9.17, 15) is 9.59 Å². The number of carbonyl (C=O) groups is 2. The van der Waals surface area contributed by atoms with Crippen LogP contribution in [0, 0.1) is 5.92 Å². The number of piperidine rings is 1. The lowest BCUT2D eigenvalue weighted by molar-refractivity contribution is -0.144. The maximum absolute atomic E-state index is 12.5. The van der Waals surface area contributed by atoms with Gasteiger partial charge in [-0.1, -0.05) is 0 Å². The molecule has 2 aliphatic heterocycles. The second kappa shape index (κ2) is 9.32. The first-order valence-electron chi connectivity index (χ1n) is 9.96.